The minimum absolute atomic E-state index is 0. The Labute approximate surface area is 254 Å². The van der Waals surface area contributed by atoms with Gasteiger partial charge in [-0.25, -0.2) is 0 Å². The van der Waals surface area contributed by atoms with E-state index in [4.69, 9.17) is 25.3 Å². The van der Waals surface area contributed by atoms with Crippen molar-refractivity contribution in [3.05, 3.63) is 0 Å². The summed E-state index contributed by atoms with van der Waals surface area (Å²) in [5.41, 5.74) is 0. The van der Waals surface area contributed by atoms with Gasteiger partial charge in [-0.05, 0) is 0 Å². The molecule has 0 aliphatic heterocycles. The maximum absolute atomic E-state index is 4.93. The monoisotopic (exact) mass is 638 g/mol. The van der Waals surface area contributed by atoms with E-state index in [-0.39, 0.29) is 38.8 Å². The van der Waals surface area contributed by atoms with Crippen molar-refractivity contribution in [1.29, 1.82) is 0 Å². The molecule has 0 amide bonds. The zero-order valence-corrected chi connectivity index (χ0v) is 27.6. The molecule has 0 heterocycles. The average Bonchev–Trinajstić information content (AvgIpc) is 2.81. The van der Waals surface area contributed by atoms with Crippen molar-refractivity contribution in [3.8, 4) is 0 Å². The second kappa shape index (κ2) is 48.6. The molecule has 0 aliphatic carbocycles. The fourth-order valence-corrected chi connectivity index (χ4v) is 4.65. The van der Waals surface area contributed by atoms with E-state index in [1.807, 2.05) is 0 Å². The fraction of sp³-hybridized carbons (Fsp3) is 1.00. The summed E-state index contributed by atoms with van der Waals surface area (Å²) >= 11 is 9.86. The topological polar surface area (TPSA) is 0 Å². The molecule has 0 aromatic rings. The van der Waals surface area contributed by atoms with E-state index in [1.165, 1.54) is 167 Å². The minimum Gasteiger partial charge on any atom is -0.793 e. The van der Waals surface area contributed by atoms with Crippen molar-refractivity contribution in [1.82, 2.24) is 0 Å². The molecule has 0 N–H and O–H groups in total. The third kappa shape index (κ3) is 52.7. The van der Waals surface area contributed by atoms with Crippen molar-refractivity contribution in [3.63, 3.8) is 0 Å². The molecule has 2 radical (unpaired) electrons. The van der Waals surface area contributed by atoms with Crippen LogP contribution in [0.15, 0.2) is 0 Å². The molecular formula is C32H70S2Sn. The normalized spacial score (nSPS) is 9.94. The van der Waals surface area contributed by atoms with Crippen LogP contribution in [0.4, 0.5) is 0 Å². The first kappa shape index (κ1) is 46.4. The van der Waals surface area contributed by atoms with Gasteiger partial charge in [-0.2, -0.15) is 11.5 Å². The molecule has 0 saturated heterocycles. The molecule has 0 saturated carbocycles. The van der Waals surface area contributed by atoms with E-state index >= 15 is 0 Å². The number of hydrogen-bond acceptors (Lipinski definition) is 2. The standard InChI is InChI=1S/2C15H32S.2CH4.Sn/c2*1-2-3-4-5-6-7-8-9-10-11-12-13-14-15-16;;;/h2*16H,2-15H2,1H3;2*1H4;/q;;;;+2/p-2. The van der Waals surface area contributed by atoms with Crippen LogP contribution < -0.4 is 0 Å². The Morgan fingerprint density at radius 2 is 0.429 bits per heavy atom. The van der Waals surface area contributed by atoms with Gasteiger partial charge in [-0.15, -0.1) is 0 Å². The van der Waals surface area contributed by atoms with Gasteiger partial charge >= 0.3 is 23.9 Å². The van der Waals surface area contributed by atoms with Crippen LogP contribution in [-0.4, -0.2) is 35.4 Å². The molecule has 0 bridgehead atoms. The molecule has 0 rings (SSSR count). The van der Waals surface area contributed by atoms with Gasteiger partial charge in [0.15, 0.2) is 0 Å². The zero-order valence-electron chi connectivity index (χ0n) is 23.1. The van der Waals surface area contributed by atoms with Gasteiger partial charge in [-0.3, -0.25) is 0 Å². The summed E-state index contributed by atoms with van der Waals surface area (Å²) < 4.78 is 0. The summed E-state index contributed by atoms with van der Waals surface area (Å²) in [7, 11) is 0. The van der Waals surface area contributed by atoms with Gasteiger partial charge in [0.25, 0.3) is 0 Å². The quantitative estimate of drug-likeness (QED) is 0.0526. The third-order valence-corrected chi connectivity index (χ3v) is 7.07. The maximum atomic E-state index is 4.93. The predicted molar refractivity (Wildman–Crippen MR) is 175 cm³/mol. The van der Waals surface area contributed by atoms with Gasteiger partial charge in [-0.1, -0.05) is 196 Å². The molecule has 0 atom stereocenters. The molecule has 0 aliphatic rings. The Balaban J connectivity index is -0.000000158. The molecule has 0 aromatic carbocycles. The number of rotatable bonds is 26. The first-order chi connectivity index (χ1) is 15.8. The average molecular weight is 638 g/mol. The third-order valence-electron chi connectivity index (χ3n) is 6.50. The van der Waals surface area contributed by atoms with E-state index in [0.717, 1.165) is 11.5 Å². The summed E-state index contributed by atoms with van der Waals surface area (Å²) in [4.78, 5) is 0. The molecule has 35 heavy (non-hydrogen) atoms. The van der Waals surface area contributed by atoms with E-state index < -0.39 is 0 Å². The van der Waals surface area contributed by atoms with Crippen LogP contribution in [0.5, 0.6) is 0 Å². The van der Waals surface area contributed by atoms with E-state index in [1.54, 1.807) is 0 Å². The first-order valence-electron chi connectivity index (χ1n) is 15.0. The van der Waals surface area contributed by atoms with Crippen molar-refractivity contribution < 1.29 is 0 Å². The van der Waals surface area contributed by atoms with Gasteiger partial charge in [0, 0.05) is 0 Å². The van der Waals surface area contributed by atoms with Crippen molar-refractivity contribution in [2.24, 2.45) is 0 Å². The van der Waals surface area contributed by atoms with Crippen LogP contribution in [0.2, 0.25) is 0 Å². The molecule has 214 valence electrons. The van der Waals surface area contributed by atoms with Crippen LogP contribution >= 0.6 is 0 Å². The Morgan fingerprint density at radius 1 is 0.286 bits per heavy atom. The molecular weight excluding hydrogens is 567 g/mol. The smallest absolute Gasteiger partial charge is 0.793 e. The Hall–Kier alpha value is 1.50. The van der Waals surface area contributed by atoms with Gasteiger partial charge < -0.3 is 25.3 Å². The second-order valence-electron chi connectivity index (χ2n) is 9.89. The fourth-order valence-electron chi connectivity index (χ4n) is 4.24. The molecule has 3 heteroatoms. The van der Waals surface area contributed by atoms with Gasteiger partial charge in [0.1, 0.15) is 0 Å². The van der Waals surface area contributed by atoms with Crippen molar-refractivity contribution in [2.45, 2.75) is 196 Å². The first-order valence-corrected chi connectivity index (χ1v) is 16.1. The second-order valence-corrected chi connectivity index (χ2v) is 10.7. The minimum atomic E-state index is 0. The number of unbranched alkanes of at least 4 members (excludes halogenated alkanes) is 24. The van der Waals surface area contributed by atoms with Crippen molar-refractivity contribution in [2.75, 3.05) is 11.5 Å². The maximum Gasteiger partial charge on any atom is 2.00 e. The van der Waals surface area contributed by atoms with Crippen molar-refractivity contribution >= 4 is 49.2 Å². The summed E-state index contributed by atoms with van der Waals surface area (Å²) in [5, 5.41) is 0. The zero-order chi connectivity index (χ0) is 23.8. The summed E-state index contributed by atoms with van der Waals surface area (Å²) in [6, 6.07) is 0. The Morgan fingerprint density at radius 3 is 0.571 bits per heavy atom. The van der Waals surface area contributed by atoms with Crippen LogP contribution in [0.1, 0.15) is 196 Å². The summed E-state index contributed by atoms with van der Waals surface area (Å²) in [6.45, 7) is 4.57. The Kier molecular flexibility index (Phi) is 64.3. The molecule has 0 nitrogen and oxygen atoms in total. The van der Waals surface area contributed by atoms with Crippen LogP contribution in [0, 0.1) is 0 Å². The summed E-state index contributed by atoms with van der Waals surface area (Å²) in [5.74, 6) is 1.91. The molecule has 0 fully saturated rings. The van der Waals surface area contributed by atoms with E-state index in [9.17, 15) is 0 Å². The predicted octanol–water partition coefficient (Wildman–Crippen LogP) is 12.1. The number of hydrogen-bond donors (Lipinski definition) is 0. The molecule has 0 aromatic heterocycles. The van der Waals surface area contributed by atoms with Crippen LogP contribution in [-0.2, 0) is 25.3 Å². The van der Waals surface area contributed by atoms with Crippen LogP contribution in [0.3, 0.4) is 0 Å². The summed E-state index contributed by atoms with van der Waals surface area (Å²) in [6.07, 6.45) is 37.0. The SMILES string of the molecule is C.C.CCCCCCCCCCCCCCC[S-].CCCCCCCCCCCCCCC[S-].[Sn+2]. The Bertz CT molecular complexity index is 231. The molecule has 0 spiro atoms. The van der Waals surface area contributed by atoms with Gasteiger partial charge in [0.05, 0.1) is 0 Å². The van der Waals surface area contributed by atoms with Crippen LogP contribution in [0.25, 0.3) is 0 Å². The van der Waals surface area contributed by atoms with E-state index in [2.05, 4.69) is 13.8 Å². The molecule has 0 unspecified atom stereocenters. The largest absolute Gasteiger partial charge is 2.00 e. The van der Waals surface area contributed by atoms with E-state index in [0.29, 0.717) is 0 Å². The van der Waals surface area contributed by atoms with Gasteiger partial charge in [0.2, 0.25) is 0 Å².